The molecule has 0 spiro atoms. The number of carbonyl (C=O) groups excluding carboxylic acids is 2. The average Bonchev–Trinajstić information content (AvgIpc) is 3.01. The molecule has 0 bridgehead atoms. The molecule has 0 radical (unpaired) electrons. The van der Waals surface area contributed by atoms with Crippen molar-refractivity contribution in [2.75, 3.05) is 33.4 Å². The molecule has 2 aliphatic heterocycles. The molecule has 1 atom stereocenters. The molecule has 138 valence electrons. The van der Waals surface area contributed by atoms with Crippen LogP contribution in [0.2, 0.25) is 0 Å². The SMILES string of the molecule is COCCNC(=O)c1nc(C(=O)N2CCCC(C)C2)c2n1CCCC2. The third-order valence-electron chi connectivity index (χ3n) is 5.06. The van der Waals surface area contributed by atoms with Gasteiger partial charge in [0.2, 0.25) is 0 Å². The number of fused-ring (bicyclic) bond motifs is 1. The summed E-state index contributed by atoms with van der Waals surface area (Å²) in [5.41, 5.74) is 1.40. The Bertz CT molecular complexity index is 641. The minimum absolute atomic E-state index is 0.0202. The van der Waals surface area contributed by atoms with Crippen LogP contribution in [0.4, 0.5) is 0 Å². The van der Waals surface area contributed by atoms with Gasteiger partial charge in [-0.1, -0.05) is 6.92 Å². The van der Waals surface area contributed by atoms with E-state index in [-0.39, 0.29) is 11.8 Å². The number of hydrogen-bond acceptors (Lipinski definition) is 4. The number of carbonyl (C=O) groups is 2. The zero-order valence-electron chi connectivity index (χ0n) is 15.2. The van der Waals surface area contributed by atoms with E-state index in [2.05, 4.69) is 17.2 Å². The number of piperidine rings is 1. The minimum atomic E-state index is -0.230. The summed E-state index contributed by atoms with van der Waals surface area (Å²) in [6.07, 6.45) is 5.05. The second-order valence-electron chi connectivity index (χ2n) is 7.09. The van der Waals surface area contributed by atoms with Crippen molar-refractivity contribution in [3.05, 3.63) is 17.2 Å². The Morgan fingerprint density at radius 3 is 2.88 bits per heavy atom. The summed E-state index contributed by atoms with van der Waals surface area (Å²) in [7, 11) is 1.60. The van der Waals surface area contributed by atoms with Crippen molar-refractivity contribution >= 4 is 11.8 Å². The second-order valence-corrected chi connectivity index (χ2v) is 7.09. The lowest BCUT2D eigenvalue weighted by molar-refractivity contribution is 0.0676. The molecule has 3 rings (SSSR count). The number of aromatic nitrogens is 2. The van der Waals surface area contributed by atoms with Crippen molar-refractivity contribution in [1.82, 2.24) is 19.8 Å². The molecule has 0 saturated carbocycles. The van der Waals surface area contributed by atoms with Gasteiger partial charge in [0.25, 0.3) is 11.8 Å². The van der Waals surface area contributed by atoms with Crippen molar-refractivity contribution < 1.29 is 14.3 Å². The van der Waals surface area contributed by atoms with Gasteiger partial charge in [-0.3, -0.25) is 9.59 Å². The number of nitrogens with zero attached hydrogens (tertiary/aromatic N) is 3. The first-order chi connectivity index (χ1) is 12.1. The number of amides is 2. The first kappa shape index (κ1) is 17.9. The molecule has 1 aromatic heterocycles. The Kier molecular flexibility index (Phi) is 5.73. The zero-order valence-corrected chi connectivity index (χ0v) is 15.2. The summed E-state index contributed by atoms with van der Waals surface area (Å²) in [4.78, 5) is 31.9. The van der Waals surface area contributed by atoms with E-state index in [1.165, 1.54) is 0 Å². The normalized spacial score (nSPS) is 20.2. The van der Waals surface area contributed by atoms with Gasteiger partial charge in [0.15, 0.2) is 5.82 Å². The van der Waals surface area contributed by atoms with Crippen LogP contribution in [-0.4, -0.2) is 59.6 Å². The lowest BCUT2D eigenvalue weighted by Gasteiger charge is -2.30. The molecule has 3 heterocycles. The predicted octanol–water partition coefficient (Wildman–Crippen LogP) is 1.47. The topological polar surface area (TPSA) is 76.5 Å². The molecule has 7 heteroatoms. The van der Waals surface area contributed by atoms with Gasteiger partial charge in [0.05, 0.1) is 12.3 Å². The van der Waals surface area contributed by atoms with Crippen LogP contribution in [0.5, 0.6) is 0 Å². The van der Waals surface area contributed by atoms with Crippen LogP contribution in [0.3, 0.4) is 0 Å². The highest BCUT2D eigenvalue weighted by atomic mass is 16.5. The average molecular weight is 348 g/mol. The van der Waals surface area contributed by atoms with Crippen LogP contribution < -0.4 is 5.32 Å². The van der Waals surface area contributed by atoms with Crippen molar-refractivity contribution in [2.24, 2.45) is 5.92 Å². The summed E-state index contributed by atoms with van der Waals surface area (Å²) in [5, 5.41) is 2.82. The van der Waals surface area contributed by atoms with Crippen LogP contribution in [0.25, 0.3) is 0 Å². The Balaban J connectivity index is 1.84. The molecule has 2 aliphatic rings. The zero-order chi connectivity index (χ0) is 17.8. The van der Waals surface area contributed by atoms with E-state index >= 15 is 0 Å². The Labute approximate surface area is 148 Å². The fraction of sp³-hybridized carbons (Fsp3) is 0.722. The molecule has 1 unspecified atom stereocenters. The van der Waals surface area contributed by atoms with Crippen LogP contribution in [-0.2, 0) is 17.7 Å². The van der Waals surface area contributed by atoms with E-state index < -0.39 is 0 Å². The van der Waals surface area contributed by atoms with E-state index in [0.717, 1.165) is 57.4 Å². The molecule has 2 amide bonds. The van der Waals surface area contributed by atoms with Gasteiger partial charge in [-0.15, -0.1) is 0 Å². The predicted molar refractivity (Wildman–Crippen MR) is 93.7 cm³/mol. The standard InChI is InChI=1S/C18H28N4O3/c1-13-6-5-9-21(12-13)18(24)15-14-7-3-4-10-22(14)16(20-15)17(23)19-8-11-25-2/h13H,3-12H2,1-2H3,(H,19,23). The molecular weight excluding hydrogens is 320 g/mol. The van der Waals surface area contributed by atoms with Crippen LogP contribution >= 0.6 is 0 Å². The number of ether oxygens (including phenoxy) is 1. The van der Waals surface area contributed by atoms with Crippen molar-refractivity contribution in [1.29, 1.82) is 0 Å². The van der Waals surface area contributed by atoms with Crippen molar-refractivity contribution in [2.45, 2.75) is 45.6 Å². The minimum Gasteiger partial charge on any atom is -0.383 e. The van der Waals surface area contributed by atoms with Gasteiger partial charge in [-0.05, 0) is 38.0 Å². The van der Waals surface area contributed by atoms with Gasteiger partial charge in [0, 0.05) is 33.3 Å². The first-order valence-corrected chi connectivity index (χ1v) is 9.27. The quantitative estimate of drug-likeness (QED) is 0.818. The van der Waals surface area contributed by atoms with E-state index in [1.807, 2.05) is 9.47 Å². The number of likely N-dealkylation sites (tertiary alicyclic amines) is 1. The molecule has 7 nitrogen and oxygen atoms in total. The smallest absolute Gasteiger partial charge is 0.287 e. The van der Waals surface area contributed by atoms with Crippen LogP contribution in [0.15, 0.2) is 0 Å². The molecule has 0 aromatic carbocycles. The van der Waals surface area contributed by atoms with Gasteiger partial charge in [0.1, 0.15) is 5.69 Å². The number of hydrogen-bond donors (Lipinski definition) is 1. The molecule has 1 aromatic rings. The van der Waals surface area contributed by atoms with Crippen LogP contribution in [0.1, 0.15) is 59.4 Å². The fourth-order valence-electron chi connectivity index (χ4n) is 3.76. The van der Waals surface area contributed by atoms with E-state index in [9.17, 15) is 9.59 Å². The summed E-state index contributed by atoms with van der Waals surface area (Å²) < 4.78 is 6.91. The second kappa shape index (κ2) is 7.99. The summed E-state index contributed by atoms with van der Waals surface area (Å²) in [6, 6.07) is 0. The maximum absolute atomic E-state index is 13.0. The Hall–Kier alpha value is -1.89. The van der Waals surface area contributed by atoms with Gasteiger partial charge in [-0.25, -0.2) is 4.98 Å². The van der Waals surface area contributed by atoms with Gasteiger partial charge < -0.3 is 19.5 Å². The molecular formula is C18H28N4O3. The highest BCUT2D eigenvalue weighted by Gasteiger charge is 2.31. The maximum atomic E-state index is 13.0. The summed E-state index contributed by atoms with van der Waals surface area (Å²) in [5.74, 6) is 0.631. The molecule has 0 aliphatic carbocycles. The number of methoxy groups -OCH3 is 1. The van der Waals surface area contributed by atoms with E-state index in [1.54, 1.807) is 7.11 Å². The van der Waals surface area contributed by atoms with E-state index in [4.69, 9.17) is 4.74 Å². The van der Waals surface area contributed by atoms with Gasteiger partial charge >= 0.3 is 0 Å². The number of imidazole rings is 1. The molecule has 1 fully saturated rings. The molecule has 25 heavy (non-hydrogen) atoms. The largest absolute Gasteiger partial charge is 0.383 e. The van der Waals surface area contributed by atoms with Gasteiger partial charge in [-0.2, -0.15) is 0 Å². The Morgan fingerprint density at radius 1 is 1.28 bits per heavy atom. The number of rotatable bonds is 5. The third-order valence-corrected chi connectivity index (χ3v) is 5.06. The molecule has 1 N–H and O–H groups in total. The third kappa shape index (κ3) is 3.86. The monoisotopic (exact) mass is 348 g/mol. The highest BCUT2D eigenvalue weighted by Crippen LogP contribution is 2.24. The first-order valence-electron chi connectivity index (χ1n) is 9.27. The lowest BCUT2D eigenvalue weighted by atomic mass is 9.99. The van der Waals surface area contributed by atoms with E-state index in [0.29, 0.717) is 30.6 Å². The summed E-state index contributed by atoms with van der Waals surface area (Å²) >= 11 is 0. The summed E-state index contributed by atoms with van der Waals surface area (Å²) in [6.45, 7) is 5.38. The number of nitrogens with one attached hydrogen (secondary N) is 1. The van der Waals surface area contributed by atoms with Crippen molar-refractivity contribution in [3.63, 3.8) is 0 Å². The lowest BCUT2D eigenvalue weighted by Crippen LogP contribution is -2.39. The van der Waals surface area contributed by atoms with Crippen molar-refractivity contribution in [3.8, 4) is 0 Å². The Morgan fingerprint density at radius 2 is 2.12 bits per heavy atom. The molecule has 1 saturated heterocycles. The maximum Gasteiger partial charge on any atom is 0.287 e. The fourth-order valence-corrected chi connectivity index (χ4v) is 3.76. The highest BCUT2D eigenvalue weighted by molar-refractivity contribution is 5.97. The van der Waals surface area contributed by atoms with Crippen LogP contribution in [0, 0.1) is 5.92 Å².